The highest BCUT2D eigenvalue weighted by Crippen LogP contribution is 2.09. The van der Waals surface area contributed by atoms with Gasteiger partial charge in [0, 0.05) is 19.7 Å². The van der Waals surface area contributed by atoms with Crippen molar-refractivity contribution in [1.29, 1.82) is 0 Å². The number of aryl methyl sites for hydroxylation is 1. The summed E-state index contributed by atoms with van der Waals surface area (Å²) < 4.78 is 5.69. The topological polar surface area (TPSA) is 21.3 Å². The molecule has 0 aromatic heterocycles. The third kappa shape index (κ3) is 12.3. The van der Waals surface area contributed by atoms with E-state index >= 15 is 0 Å². The van der Waals surface area contributed by atoms with Crippen LogP contribution in [0.15, 0.2) is 24.3 Å². The molecule has 1 aromatic rings. The average Bonchev–Trinajstić information content (AvgIpc) is 2.55. The number of benzene rings is 1. The highest BCUT2D eigenvalue weighted by atomic mass is 16.5. The van der Waals surface area contributed by atoms with Gasteiger partial charge in [0.1, 0.15) is 0 Å². The second-order valence-electron chi connectivity index (χ2n) is 6.61. The highest BCUT2D eigenvalue weighted by Gasteiger charge is 1.95. The molecule has 0 aliphatic carbocycles. The van der Waals surface area contributed by atoms with Crippen molar-refractivity contribution in [2.24, 2.45) is 0 Å². The summed E-state index contributed by atoms with van der Waals surface area (Å²) >= 11 is 0. The van der Waals surface area contributed by atoms with E-state index in [2.05, 4.69) is 43.4 Å². The lowest BCUT2D eigenvalue weighted by Crippen LogP contribution is -2.19. The van der Waals surface area contributed by atoms with Gasteiger partial charge >= 0.3 is 0 Å². The van der Waals surface area contributed by atoms with E-state index in [0.717, 1.165) is 26.3 Å². The van der Waals surface area contributed by atoms with Crippen LogP contribution in [0.1, 0.15) is 75.8 Å². The molecule has 2 nitrogen and oxygen atoms in total. The molecule has 0 aliphatic rings. The van der Waals surface area contributed by atoms with Crippen LogP contribution in [-0.4, -0.2) is 19.8 Å². The molecule has 0 aliphatic heterocycles. The summed E-state index contributed by atoms with van der Waals surface area (Å²) in [5.74, 6) is 0. The van der Waals surface area contributed by atoms with E-state index in [4.69, 9.17) is 4.74 Å². The zero-order chi connectivity index (χ0) is 16.6. The van der Waals surface area contributed by atoms with Gasteiger partial charge in [0.15, 0.2) is 0 Å². The Morgan fingerprint density at radius 3 is 2.26 bits per heavy atom. The van der Waals surface area contributed by atoms with Crippen molar-refractivity contribution >= 4 is 0 Å². The first-order valence-electron chi connectivity index (χ1n) is 9.67. The smallest absolute Gasteiger partial charge is 0.0591 e. The second-order valence-corrected chi connectivity index (χ2v) is 6.61. The van der Waals surface area contributed by atoms with E-state index < -0.39 is 0 Å². The van der Waals surface area contributed by atoms with Crippen LogP contribution < -0.4 is 5.32 Å². The standard InChI is InChI=1S/C21H37NO/c1-3-4-5-6-7-8-9-10-11-16-23-17-15-22-19-21-14-12-13-20(2)18-21/h12-14,18,22H,3-11,15-17,19H2,1-2H3. The molecule has 132 valence electrons. The van der Waals surface area contributed by atoms with Crippen LogP contribution in [0.4, 0.5) is 0 Å². The van der Waals surface area contributed by atoms with E-state index in [1.165, 1.54) is 68.9 Å². The third-order valence-electron chi connectivity index (χ3n) is 4.23. The molecule has 0 atom stereocenters. The van der Waals surface area contributed by atoms with Gasteiger partial charge in [-0.1, -0.05) is 88.1 Å². The summed E-state index contributed by atoms with van der Waals surface area (Å²) in [6.45, 7) is 8.02. The van der Waals surface area contributed by atoms with E-state index in [9.17, 15) is 0 Å². The molecule has 0 unspecified atom stereocenters. The number of hydrogen-bond acceptors (Lipinski definition) is 2. The minimum absolute atomic E-state index is 0.822. The summed E-state index contributed by atoms with van der Waals surface area (Å²) in [7, 11) is 0. The maximum absolute atomic E-state index is 5.69. The van der Waals surface area contributed by atoms with Gasteiger partial charge in [-0.25, -0.2) is 0 Å². The van der Waals surface area contributed by atoms with Gasteiger partial charge in [-0.3, -0.25) is 0 Å². The van der Waals surface area contributed by atoms with Gasteiger partial charge in [0.2, 0.25) is 0 Å². The zero-order valence-corrected chi connectivity index (χ0v) is 15.4. The van der Waals surface area contributed by atoms with Crippen molar-refractivity contribution in [1.82, 2.24) is 5.32 Å². The molecule has 23 heavy (non-hydrogen) atoms. The monoisotopic (exact) mass is 319 g/mol. The lowest BCUT2D eigenvalue weighted by Gasteiger charge is -2.07. The summed E-state index contributed by atoms with van der Waals surface area (Å²) in [5.41, 5.74) is 2.68. The van der Waals surface area contributed by atoms with Crippen molar-refractivity contribution in [2.45, 2.75) is 78.2 Å². The van der Waals surface area contributed by atoms with Crippen LogP contribution in [0.25, 0.3) is 0 Å². The van der Waals surface area contributed by atoms with Crippen molar-refractivity contribution in [2.75, 3.05) is 19.8 Å². The van der Waals surface area contributed by atoms with Crippen molar-refractivity contribution < 1.29 is 4.74 Å². The molecule has 0 radical (unpaired) electrons. The first kappa shape index (κ1) is 20.2. The molecule has 2 heteroatoms. The van der Waals surface area contributed by atoms with Crippen LogP contribution in [0.5, 0.6) is 0 Å². The number of ether oxygens (including phenoxy) is 1. The minimum Gasteiger partial charge on any atom is -0.380 e. The number of hydrogen-bond donors (Lipinski definition) is 1. The van der Waals surface area contributed by atoms with Gasteiger partial charge < -0.3 is 10.1 Å². The minimum atomic E-state index is 0.822. The Kier molecular flexibility index (Phi) is 12.9. The van der Waals surface area contributed by atoms with Crippen LogP contribution in [0.2, 0.25) is 0 Å². The van der Waals surface area contributed by atoms with Gasteiger partial charge in [-0.2, -0.15) is 0 Å². The fourth-order valence-electron chi connectivity index (χ4n) is 2.82. The molecule has 1 rings (SSSR count). The predicted molar refractivity (Wildman–Crippen MR) is 101 cm³/mol. The molecule has 0 bridgehead atoms. The highest BCUT2D eigenvalue weighted by molar-refractivity contribution is 5.21. The first-order valence-corrected chi connectivity index (χ1v) is 9.67. The van der Waals surface area contributed by atoms with E-state index in [-0.39, 0.29) is 0 Å². The second kappa shape index (κ2) is 14.7. The summed E-state index contributed by atoms with van der Waals surface area (Å²) in [6, 6.07) is 8.66. The first-order chi connectivity index (χ1) is 11.3. The normalized spacial score (nSPS) is 11.0. The average molecular weight is 320 g/mol. The molecule has 1 N–H and O–H groups in total. The summed E-state index contributed by atoms with van der Waals surface area (Å²) in [5, 5.41) is 3.44. The quantitative estimate of drug-likeness (QED) is 0.423. The lowest BCUT2D eigenvalue weighted by molar-refractivity contribution is 0.131. The Balaban J connectivity index is 1.78. The number of rotatable bonds is 15. The molecular formula is C21H37NO. The van der Waals surface area contributed by atoms with Crippen LogP contribution in [0, 0.1) is 6.92 Å². The van der Waals surface area contributed by atoms with Crippen molar-refractivity contribution in [3.63, 3.8) is 0 Å². The maximum Gasteiger partial charge on any atom is 0.0591 e. The Bertz CT molecular complexity index is 378. The van der Waals surface area contributed by atoms with E-state index in [1.54, 1.807) is 0 Å². The van der Waals surface area contributed by atoms with Gasteiger partial charge in [0.25, 0.3) is 0 Å². The predicted octanol–water partition coefficient (Wildman–Crippen LogP) is 5.63. The Morgan fingerprint density at radius 1 is 0.870 bits per heavy atom. The van der Waals surface area contributed by atoms with Crippen LogP contribution in [0.3, 0.4) is 0 Å². The zero-order valence-electron chi connectivity index (χ0n) is 15.4. The summed E-state index contributed by atoms with van der Waals surface area (Å²) in [6.07, 6.45) is 12.3. The van der Waals surface area contributed by atoms with Crippen LogP contribution in [-0.2, 0) is 11.3 Å². The fourth-order valence-corrected chi connectivity index (χ4v) is 2.82. The van der Waals surface area contributed by atoms with Gasteiger partial charge in [-0.15, -0.1) is 0 Å². The molecule has 0 fully saturated rings. The molecule has 0 spiro atoms. The molecular weight excluding hydrogens is 282 g/mol. The fraction of sp³-hybridized carbons (Fsp3) is 0.714. The van der Waals surface area contributed by atoms with E-state index in [1.807, 2.05) is 0 Å². The third-order valence-corrected chi connectivity index (χ3v) is 4.23. The van der Waals surface area contributed by atoms with Crippen LogP contribution >= 0.6 is 0 Å². The number of unbranched alkanes of at least 4 members (excludes halogenated alkanes) is 8. The molecule has 0 saturated carbocycles. The van der Waals surface area contributed by atoms with Gasteiger partial charge in [0.05, 0.1) is 6.61 Å². The molecule has 0 saturated heterocycles. The van der Waals surface area contributed by atoms with Crippen molar-refractivity contribution in [3.8, 4) is 0 Å². The Hall–Kier alpha value is -0.860. The number of nitrogens with one attached hydrogen (secondary N) is 1. The van der Waals surface area contributed by atoms with E-state index in [0.29, 0.717) is 0 Å². The van der Waals surface area contributed by atoms with Gasteiger partial charge in [-0.05, 0) is 18.9 Å². The van der Waals surface area contributed by atoms with Crippen molar-refractivity contribution in [3.05, 3.63) is 35.4 Å². The molecule has 0 heterocycles. The lowest BCUT2D eigenvalue weighted by atomic mass is 10.1. The molecule has 1 aromatic carbocycles. The molecule has 0 amide bonds. The SMILES string of the molecule is CCCCCCCCCCCOCCNCc1cccc(C)c1. The summed E-state index contributed by atoms with van der Waals surface area (Å²) in [4.78, 5) is 0. The Morgan fingerprint density at radius 2 is 1.57 bits per heavy atom. The maximum atomic E-state index is 5.69. The largest absolute Gasteiger partial charge is 0.380 e. The Labute approximate surface area is 144 Å².